The number of rotatable bonds is 3. The molecule has 2 aromatic carbocycles. The molecule has 0 radical (unpaired) electrons. The maximum absolute atomic E-state index is 12.6. The van der Waals surface area contributed by atoms with Crippen LogP contribution in [0.25, 0.3) is 5.53 Å². The molecule has 2 aromatic rings. The van der Waals surface area contributed by atoms with E-state index >= 15 is 0 Å². The predicted octanol–water partition coefficient (Wildman–Crippen LogP) is 1.51. The van der Waals surface area contributed by atoms with Crippen molar-refractivity contribution >= 4 is 27.4 Å². The SMILES string of the molecule is [N-]=[N+]=C1C(=O)c2ccccc2C(=O)C1S(=O)(=O)Oc1ccccc1. The van der Waals surface area contributed by atoms with Crippen LogP contribution in [-0.4, -0.2) is 35.7 Å². The number of hydrogen-bond acceptors (Lipinski definition) is 5. The van der Waals surface area contributed by atoms with Gasteiger partial charge in [0.15, 0.2) is 5.78 Å². The van der Waals surface area contributed by atoms with Crippen LogP contribution in [0.15, 0.2) is 54.6 Å². The number of carbonyl (C=O) groups excluding carboxylic acids is 2. The van der Waals surface area contributed by atoms with Crippen molar-refractivity contribution in [1.82, 2.24) is 0 Å². The molecule has 0 aromatic heterocycles. The van der Waals surface area contributed by atoms with E-state index in [1.165, 1.54) is 36.4 Å². The highest BCUT2D eigenvalue weighted by Crippen LogP contribution is 2.25. The summed E-state index contributed by atoms with van der Waals surface area (Å²) in [4.78, 5) is 27.7. The van der Waals surface area contributed by atoms with Crippen LogP contribution >= 0.6 is 0 Å². The quantitative estimate of drug-likeness (QED) is 0.476. The van der Waals surface area contributed by atoms with E-state index in [0.717, 1.165) is 0 Å². The van der Waals surface area contributed by atoms with Crippen molar-refractivity contribution in [2.75, 3.05) is 0 Å². The largest absolute Gasteiger partial charge is 0.381 e. The Balaban J connectivity index is 2.11. The molecule has 1 unspecified atom stereocenters. The third kappa shape index (κ3) is 2.54. The van der Waals surface area contributed by atoms with Gasteiger partial charge >= 0.3 is 15.8 Å². The minimum Gasteiger partial charge on any atom is -0.381 e. The molecule has 1 aliphatic carbocycles. The van der Waals surface area contributed by atoms with Crippen molar-refractivity contribution in [3.63, 3.8) is 0 Å². The first-order valence-corrected chi connectivity index (χ1v) is 8.31. The molecule has 120 valence electrons. The minimum atomic E-state index is -4.58. The van der Waals surface area contributed by atoms with Crippen molar-refractivity contribution < 1.29 is 27.0 Å². The van der Waals surface area contributed by atoms with Crippen molar-refractivity contribution in [2.45, 2.75) is 5.25 Å². The molecule has 0 fully saturated rings. The fourth-order valence-corrected chi connectivity index (χ4v) is 3.73. The Morgan fingerprint density at radius 3 is 2.12 bits per heavy atom. The number of Topliss-reactive ketones (excluding diaryl/α,β-unsaturated/α-hetero) is 2. The lowest BCUT2D eigenvalue weighted by Gasteiger charge is -2.18. The maximum Gasteiger partial charge on any atom is 0.368 e. The Morgan fingerprint density at radius 1 is 0.917 bits per heavy atom. The summed E-state index contributed by atoms with van der Waals surface area (Å²) in [7, 11) is -4.58. The third-order valence-electron chi connectivity index (χ3n) is 3.51. The van der Waals surface area contributed by atoms with Crippen molar-refractivity contribution in [2.24, 2.45) is 0 Å². The van der Waals surface area contributed by atoms with Gasteiger partial charge in [-0.05, 0) is 12.1 Å². The molecule has 8 heteroatoms. The molecule has 0 spiro atoms. The van der Waals surface area contributed by atoms with Gasteiger partial charge in [0, 0.05) is 11.1 Å². The molecular formula is C16H10N2O5S. The van der Waals surface area contributed by atoms with Gasteiger partial charge in [0.2, 0.25) is 0 Å². The van der Waals surface area contributed by atoms with Crippen molar-refractivity contribution in [1.29, 1.82) is 0 Å². The van der Waals surface area contributed by atoms with Crippen molar-refractivity contribution in [3.8, 4) is 5.75 Å². The first kappa shape index (κ1) is 15.8. The van der Waals surface area contributed by atoms with Crippen LogP contribution in [0.1, 0.15) is 20.7 Å². The van der Waals surface area contributed by atoms with E-state index in [2.05, 4.69) is 4.79 Å². The summed E-state index contributed by atoms with van der Waals surface area (Å²) < 4.78 is 29.9. The van der Waals surface area contributed by atoms with Gasteiger partial charge in [-0.2, -0.15) is 13.2 Å². The monoisotopic (exact) mass is 342 g/mol. The second-order valence-electron chi connectivity index (χ2n) is 4.99. The number of fused-ring (bicyclic) bond motifs is 1. The summed E-state index contributed by atoms with van der Waals surface area (Å²) in [5.74, 6) is -1.74. The average molecular weight is 342 g/mol. The first-order valence-electron chi connectivity index (χ1n) is 6.84. The van der Waals surface area contributed by atoms with E-state index in [4.69, 9.17) is 9.71 Å². The fraction of sp³-hybridized carbons (Fsp3) is 0.0625. The lowest BCUT2D eigenvalue weighted by Crippen LogP contribution is -2.48. The van der Waals surface area contributed by atoms with Crippen LogP contribution in [0.5, 0.6) is 5.75 Å². The van der Waals surface area contributed by atoms with Gasteiger partial charge in [0.1, 0.15) is 5.75 Å². The third-order valence-corrected chi connectivity index (χ3v) is 4.95. The molecule has 0 heterocycles. The molecule has 0 bridgehead atoms. The molecule has 1 aliphatic rings. The number of nitrogens with zero attached hydrogens (tertiary/aromatic N) is 2. The zero-order valence-corrected chi connectivity index (χ0v) is 12.9. The highest BCUT2D eigenvalue weighted by molar-refractivity contribution is 7.89. The Morgan fingerprint density at radius 2 is 1.50 bits per heavy atom. The molecular weight excluding hydrogens is 332 g/mol. The van der Waals surface area contributed by atoms with Gasteiger partial charge in [-0.15, -0.1) is 0 Å². The molecule has 0 amide bonds. The Kier molecular flexibility index (Phi) is 3.84. The second-order valence-corrected chi connectivity index (χ2v) is 6.62. The molecule has 0 N–H and O–H groups in total. The van der Waals surface area contributed by atoms with Gasteiger partial charge in [-0.1, -0.05) is 42.5 Å². The van der Waals surface area contributed by atoms with Gasteiger partial charge < -0.3 is 9.71 Å². The van der Waals surface area contributed by atoms with Crippen LogP contribution in [0.3, 0.4) is 0 Å². The number of para-hydroxylation sites is 1. The zero-order valence-electron chi connectivity index (χ0n) is 12.1. The number of carbonyl (C=O) groups is 2. The average Bonchev–Trinajstić information content (AvgIpc) is 2.58. The smallest absolute Gasteiger partial charge is 0.368 e. The number of hydrogen-bond donors (Lipinski definition) is 0. The van der Waals surface area contributed by atoms with Gasteiger partial charge in [0.25, 0.3) is 11.0 Å². The van der Waals surface area contributed by atoms with E-state index < -0.39 is 32.6 Å². The molecule has 7 nitrogen and oxygen atoms in total. The van der Waals surface area contributed by atoms with E-state index in [9.17, 15) is 18.0 Å². The molecule has 0 saturated heterocycles. The number of benzene rings is 2. The Bertz CT molecular complexity index is 992. The highest BCUT2D eigenvalue weighted by atomic mass is 32.2. The van der Waals surface area contributed by atoms with Gasteiger partial charge in [-0.25, -0.2) is 0 Å². The predicted molar refractivity (Wildman–Crippen MR) is 83.5 cm³/mol. The van der Waals surface area contributed by atoms with E-state index in [0.29, 0.717) is 0 Å². The Hall–Kier alpha value is -3.09. The minimum absolute atomic E-state index is 0.0125. The van der Waals surface area contributed by atoms with Gasteiger partial charge in [-0.3, -0.25) is 9.59 Å². The van der Waals surface area contributed by atoms with Crippen molar-refractivity contribution in [3.05, 3.63) is 71.3 Å². The van der Waals surface area contributed by atoms with Crippen LogP contribution in [0.2, 0.25) is 0 Å². The van der Waals surface area contributed by atoms with Crippen LogP contribution in [0.4, 0.5) is 0 Å². The summed E-state index contributed by atoms with van der Waals surface area (Å²) >= 11 is 0. The summed E-state index contributed by atoms with van der Waals surface area (Å²) in [6.45, 7) is 0. The molecule has 24 heavy (non-hydrogen) atoms. The lowest BCUT2D eigenvalue weighted by molar-refractivity contribution is -0.00871. The van der Waals surface area contributed by atoms with Crippen LogP contribution < -0.4 is 4.18 Å². The summed E-state index contributed by atoms with van der Waals surface area (Å²) in [5.41, 5.74) is 8.25. The van der Waals surface area contributed by atoms with E-state index in [1.807, 2.05) is 0 Å². The standard InChI is InChI=1S/C16H10N2O5S/c17-18-13-14(19)11-8-4-5-9-12(11)15(20)16(13)24(21,22)23-10-6-2-1-3-7-10/h1-9,16H. The Labute approximate surface area is 137 Å². The van der Waals surface area contributed by atoms with E-state index in [1.54, 1.807) is 18.2 Å². The molecule has 0 aliphatic heterocycles. The second kappa shape index (κ2) is 5.84. The maximum atomic E-state index is 12.6. The summed E-state index contributed by atoms with van der Waals surface area (Å²) in [6.07, 6.45) is 0. The highest BCUT2D eigenvalue weighted by Gasteiger charge is 2.53. The first-order chi connectivity index (χ1) is 11.5. The summed E-state index contributed by atoms with van der Waals surface area (Å²) in [5, 5.41) is -2.02. The molecule has 1 atom stereocenters. The summed E-state index contributed by atoms with van der Waals surface area (Å²) in [6, 6.07) is 13.3. The molecule has 0 saturated carbocycles. The van der Waals surface area contributed by atoms with Crippen LogP contribution in [0, 0.1) is 0 Å². The van der Waals surface area contributed by atoms with Crippen LogP contribution in [-0.2, 0) is 10.1 Å². The topological polar surface area (TPSA) is 114 Å². The normalized spacial score (nSPS) is 17.2. The molecule has 3 rings (SSSR count). The fourth-order valence-electron chi connectivity index (χ4n) is 2.44. The van der Waals surface area contributed by atoms with E-state index in [-0.39, 0.29) is 16.9 Å². The van der Waals surface area contributed by atoms with Gasteiger partial charge in [0.05, 0.1) is 0 Å². The lowest BCUT2D eigenvalue weighted by atomic mass is 9.88. The zero-order chi connectivity index (χ0) is 17.3. The number of ketones is 2.